The molecule has 210 valence electrons. The third-order valence-corrected chi connectivity index (χ3v) is 9.05. The zero-order valence-electron chi connectivity index (χ0n) is 21.8. The topological polar surface area (TPSA) is 69.9 Å². The predicted octanol–water partition coefficient (Wildman–Crippen LogP) is 7.21. The molecule has 0 fully saturated rings. The van der Waals surface area contributed by atoms with Crippen molar-refractivity contribution in [2.24, 2.45) is 4.99 Å². The fraction of sp³-hybridized carbons (Fsp3) is 0.167. The summed E-state index contributed by atoms with van der Waals surface area (Å²) in [7, 11) is 0. The molecule has 0 amide bonds. The Kier molecular flexibility index (Phi) is 9.21. The second-order valence-electron chi connectivity index (χ2n) is 9.06. The third kappa shape index (κ3) is 6.24. The fourth-order valence-electron chi connectivity index (χ4n) is 4.52. The van der Waals surface area contributed by atoms with E-state index >= 15 is 0 Å². The number of benzene rings is 3. The van der Waals surface area contributed by atoms with E-state index in [1.54, 1.807) is 38.1 Å². The van der Waals surface area contributed by atoms with Gasteiger partial charge in [-0.25, -0.2) is 9.79 Å². The number of hydrogen-bond acceptors (Lipinski definition) is 6. The molecule has 0 saturated carbocycles. The Morgan fingerprint density at radius 3 is 2.51 bits per heavy atom. The number of aromatic nitrogens is 1. The first-order valence-corrected chi connectivity index (χ1v) is 15.6. The van der Waals surface area contributed by atoms with Crippen LogP contribution < -0.4 is 19.6 Å². The molecule has 3 aromatic carbocycles. The molecule has 4 aromatic rings. The average molecular weight is 737 g/mol. The number of nitrogens with zero attached hydrogens (tertiary/aromatic N) is 2. The number of carbonyl (C=O) groups is 1. The number of thiazole rings is 1. The van der Waals surface area contributed by atoms with Crippen molar-refractivity contribution in [2.75, 3.05) is 6.61 Å². The van der Waals surface area contributed by atoms with Crippen LogP contribution in [0.25, 0.3) is 6.08 Å². The van der Waals surface area contributed by atoms with Gasteiger partial charge in [0.05, 0.1) is 31.4 Å². The van der Waals surface area contributed by atoms with Crippen LogP contribution in [-0.4, -0.2) is 17.1 Å². The summed E-state index contributed by atoms with van der Waals surface area (Å²) in [4.78, 5) is 32.0. The zero-order chi connectivity index (χ0) is 29.3. The van der Waals surface area contributed by atoms with Crippen LogP contribution in [0, 0.1) is 0 Å². The van der Waals surface area contributed by atoms with E-state index in [1.165, 1.54) is 15.9 Å². The molecule has 2 heterocycles. The number of carbonyl (C=O) groups excluding carboxylic acids is 1. The minimum atomic E-state index is -0.776. The minimum Gasteiger partial charge on any atom is -0.487 e. The SMILES string of the molecule is CCOC(=O)C1=C(C)N=c2s/c(=C\c3cc(Br)c(OCc4cccc(Cl)c4)c(Br)c3)c(=O)n2[C@H]1c1ccccc1Cl. The molecule has 6 nitrogen and oxygen atoms in total. The Hall–Kier alpha value is -2.69. The predicted molar refractivity (Wildman–Crippen MR) is 169 cm³/mol. The number of hydrogen-bond donors (Lipinski definition) is 0. The van der Waals surface area contributed by atoms with Crippen LogP contribution in [0.15, 0.2) is 90.7 Å². The molecule has 1 aromatic heterocycles. The van der Waals surface area contributed by atoms with Crippen molar-refractivity contribution in [1.29, 1.82) is 0 Å². The highest BCUT2D eigenvalue weighted by Gasteiger charge is 2.34. The van der Waals surface area contributed by atoms with Crippen molar-refractivity contribution in [3.8, 4) is 5.75 Å². The Morgan fingerprint density at radius 1 is 1.10 bits per heavy atom. The summed E-state index contributed by atoms with van der Waals surface area (Å²) in [6.45, 7) is 4.00. The van der Waals surface area contributed by atoms with Crippen LogP contribution in [-0.2, 0) is 16.1 Å². The Labute approximate surface area is 266 Å². The molecule has 0 spiro atoms. The number of rotatable bonds is 7. The van der Waals surface area contributed by atoms with Crippen LogP contribution >= 0.6 is 66.4 Å². The lowest BCUT2D eigenvalue weighted by molar-refractivity contribution is -0.139. The lowest BCUT2D eigenvalue weighted by Crippen LogP contribution is -2.40. The lowest BCUT2D eigenvalue weighted by Gasteiger charge is -2.25. The first-order chi connectivity index (χ1) is 19.7. The van der Waals surface area contributed by atoms with Crippen LogP contribution in [0.1, 0.15) is 36.6 Å². The van der Waals surface area contributed by atoms with Crippen molar-refractivity contribution in [3.63, 3.8) is 0 Å². The summed E-state index contributed by atoms with van der Waals surface area (Å²) in [5.41, 5.74) is 2.79. The standard InChI is InChI=1S/C30H22Br2Cl2N2O4S/c1-3-39-29(38)25-16(2)35-30-36(26(25)20-9-4-5-10-23(20)34)28(37)24(41-30)14-18-12-21(31)27(22(32)13-18)40-15-17-7-6-8-19(33)11-17/h4-14,26H,3,15H2,1-2H3/b24-14-/t26-/m0/s1. The molecule has 41 heavy (non-hydrogen) atoms. The van der Waals surface area contributed by atoms with Crippen LogP contribution in [0.2, 0.25) is 10.0 Å². The minimum absolute atomic E-state index is 0.192. The summed E-state index contributed by atoms with van der Waals surface area (Å²) in [6, 6.07) is 17.6. The third-order valence-electron chi connectivity index (χ3n) is 6.31. The molecule has 0 N–H and O–H groups in total. The maximum Gasteiger partial charge on any atom is 0.338 e. The lowest BCUT2D eigenvalue weighted by atomic mass is 9.96. The van der Waals surface area contributed by atoms with E-state index < -0.39 is 12.0 Å². The van der Waals surface area contributed by atoms with Gasteiger partial charge in [0.25, 0.3) is 5.56 Å². The molecule has 5 rings (SSSR count). The van der Waals surface area contributed by atoms with Gasteiger partial charge in [-0.15, -0.1) is 0 Å². The second kappa shape index (κ2) is 12.7. The van der Waals surface area contributed by atoms with Crippen LogP contribution in [0.3, 0.4) is 0 Å². The molecular formula is C30H22Br2Cl2N2O4S. The van der Waals surface area contributed by atoms with E-state index in [-0.39, 0.29) is 17.7 Å². The fourth-order valence-corrected chi connectivity index (χ4v) is 7.47. The van der Waals surface area contributed by atoms with E-state index in [0.717, 1.165) is 11.1 Å². The van der Waals surface area contributed by atoms with Gasteiger partial charge in [0.2, 0.25) is 0 Å². The van der Waals surface area contributed by atoms with Crippen molar-refractivity contribution in [1.82, 2.24) is 4.57 Å². The molecule has 0 aliphatic carbocycles. The van der Waals surface area contributed by atoms with Gasteiger partial charge >= 0.3 is 5.97 Å². The quantitative estimate of drug-likeness (QED) is 0.188. The van der Waals surface area contributed by atoms with Gasteiger partial charge < -0.3 is 9.47 Å². The number of esters is 1. The highest BCUT2D eigenvalue weighted by Crippen LogP contribution is 2.36. The number of ether oxygens (including phenoxy) is 2. The first kappa shape index (κ1) is 29.8. The van der Waals surface area contributed by atoms with Gasteiger partial charge in [0, 0.05) is 10.0 Å². The molecule has 1 atom stereocenters. The normalized spacial score (nSPS) is 15.0. The van der Waals surface area contributed by atoms with Crippen molar-refractivity contribution in [3.05, 3.63) is 127 Å². The van der Waals surface area contributed by atoms with Crippen LogP contribution in [0.5, 0.6) is 5.75 Å². The molecule has 0 unspecified atom stereocenters. The molecule has 1 aliphatic rings. The van der Waals surface area contributed by atoms with E-state index in [2.05, 4.69) is 36.9 Å². The number of halogens is 4. The molecular weight excluding hydrogens is 715 g/mol. The van der Waals surface area contributed by atoms with E-state index in [0.29, 0.717) is 51.9 Å². The highest BCUT2D eigenvalue weighted by molar-refractivity contribution is 9.11. The maximum absolute atomic E-state index is 13.9. The monoisotopic (exact) mass is 734 g/mol. The maximum atomic E-state index is 13.9. The highest BCUT2D eigenvalue weighted by atomic mass is 79.9. The number of allylic oxidation sites excluding steroid dienone is 1. The van der Waals surface area contributed by atoms with E-state index in [1.807, 2.05) is 42.5 Å². The van der Waals surface area contributed by atoms with Gasteiger partial charge in [-0.2, -0.15) is 0 Å². The first-order valence-electron chi connectivity index (χ1n) is 12.5. The van der Waals surface area contributed by atoms with Crippen molar-refractivity contribution >= 4 is 78.4 Å². The van der Waals surface area contributed by atoms with Crippen molar-refractivity contribution in [2.45, 2.75) is 26.5 Å². The summed E-state index contributed by atoms with van der Waals surface area (Å²) in [6.07, 6.45) is 1.78. The van der Waals surface area contributed by atoms with Gasteiger partial charge in [-0.05, 0) is 98.8 Å². The largest absolute Gasteiger partial charge is 0.487 e. The van der Waals surface area contributed by atoms with E-state index in [4.69, 9.17) is 32.7 Å². The molecule has 1 aliphatic heterocycles. The molecule has 11 heteroatoms. The smallest absolute Gasteiger partial charge is 0.338 e. The number of fused-ring (bicyclic) bond motifs is 1. The second-order valence-corrected chi connectivity index (χ2v) is 12.6. The van der Waals surface area contributed by atoms with Gasteiger partial charge in [0.1, 0.15) is 18.4 Å². The summed E-state index contributed by atoms with van der Waals surface area (Å²) in [5.74, 6) is 0.0891. The molecule has 0 bridgehead atoms. The summed E-state index contributed by atoms with van der Waals surface area (Å²) in [5, 5.41) is 1.08. The summed E-state index contributed by atoms with van der Waals surface area (Å²) < 4.78 is 14.8. The van der Waals surface area contributed by atoms with Crippen LogP contribution in [0.4, 0.5) is 0 Å². The molecule has 0 saturated heterocycles. The van der Waals surface area contributed by atoms with E-state index in [9.17, 15) is 9.59 Å². The van der Waals surface area contributed by atoms with Gasteiger partial charge in [0.15, 0.2) is 4.80 Å². The zero-order valence-corrected chi connectivity index (χ0v) is 27.3. The Bertz CT molecular complexity index is 1860. The Balaban J connectivity index is 1.56. The Morgan fingerprint density at radius 2 is 1.83 bits per heavy atom. The van der Waals surface area contributed by atoms with Gasteiger partial charge in [-0.1, -0.05) is 64.9 Å². The van der Waals surface area contributed by atoms with Crippen molar-refractivity contribution < 1.29 is 14.3 Å². The average Bonchev–Trinajstić information content (AvgIpc) is 3.22. The van der Waals surface area contributed by atoms with Gasteiger partial charge in [-0.3, -0.25) is 9.36 Å². The molecule has 0 radical (unpaired) electrons. The summed E-state index contributed by atoms with van der Waals surface area (Å²) >= 11 is 21.1.